The summed E-state index contributed by atoms with van der Waals surface area (Å²) < 4.78 is 10.5. The summed E-state index contributed by atoms with van der Waals surface area (Å²) >= 11 is 0. The second-order valence-corrected chi connectivity index (χ2v) is 5.10. The fourth-order valence-electron chi connectivity index (χ4n) is 2.02. The van der Waals surface area contributed by atoms with Crippen molar-refractivity contribution in [2.75, 3.05) is 26.1 Å². The Kier molecular flexibility index (Phi) is 6.36. The zero-order chi connectivity index (χ0) is 17.4. The van der Waals surface area contributed by atoms with Crippen molar-refractivity contribution < 1.29 is 14.3 Å². The van der Waals surface area contributed by atoms with Gasteiger partial charge >= 0.3 is 0 Å². The van der Waals surface area contributed by atoms with Crippen molar-refractivity contribution >= 4 is 17.5 Å². The molecule has 0 saturated heterocycles. The molecule has 2 aromatic rings. The fraction of sp³-hybridized carbons (Fsp3) is 0.353. The zero-order valence-electron chi connectivity index (χ0n) is 14.1. The molecule has 2 N–H and O–H groups in total. The topological polar surface area (TPSA) is 85.4 Å². The molecule has 0 fully saturated rings. The van der Waals surface area contributed by atoms with Crippen LogP contribution in [-0.2, 0) is 0 Å². The molecule has 24 heavy (non-hydrogen) atoms. The third-order valence-electron chi connectivity index (χ3n) is 3.38. The number of hydrogen-bond acceptors (Lipinski definition) is 6. The van der Waals surface area contributed by atoms with Gasteiger partial charge in [0.2, 0.25) is 5.95 Å². The highest BCUT2D eigenvalue weighted by Gasteiger charge is 2.09. The minimum Gasteiger partial charge on any atom is -0.497 e. The summed E-state index contributed by atoms with van der Waals surface area (Å²) in [5.74, 6) is 1.52. The molecule has 0 aliphatic rings. The van der Waals surface area contributed by atoms with Gasteiger partial charge in [-0.1, -0.05) is 13.3 Å². The highest BCUT2D eigenvalue weighted by Crippen LogP contribution is 2.30. The zero-order valence-corrected chi connectivity index (χ0v) is 14.1. The van der Waals surface area contributed by atoms with Gasteiger partial charge in [-0.15, -0.1) is 0 Å². The predicted molar refractivity (Wildman–Crippen MR) is 92.1 cm³/mol. The highest BCUT2D eigenvalue weighted by atomic mass is 16.5. The second-order valence-electron chi connectivity index (χ2n) is 5.10. The van der Waals surface area contributed by atoms with Crippen LogP contribution in [0.4, 0.5) is 11.6 Å². The minimum absolute atomic E-state index is 0.172. The molecule has 0 saturated carbocycles. The lowest BCUT2D eigenvalue weighted by Crippen LogP contribution is -2.24. The lowest BCUT2D eigenvalue weighted by molar-refractivity contribution is 0.0952. The summed E-state index contributed by atoms with van der Waals surface area (Å²) in [5.41, 5.74) is 1.10. The lowest BCUT2D eigenvalue weighted by atomic mass is 10.2. The average molecular weight is 330 g/mol. The Morgan fingerprint density at radius 1 is 1.17 bits per heavy atom. The Morgan fingerprint density at radius 3 is 2.54 bits per heavy atom. The van der Waals surface area contributed by atoms with Crippen LogP contribution >= 0.6 is 0 Å². The minimum atomic E-state index is -0.172. The van der Waals surface area contributed by atoms with Gasteiger partial charge in [0.1, 0.15) is 11.5 Å². The van der Waals surface area contributed by atoms with Crippen LogP contribution in [-0.4, -0.2) is 36.6 Å². The van der Waals surface area contributed by atoms with Crippen molar-refractivity contribution in [2.45, 2.75) is 19.8 Å². The number of hydrogen-bond donors (Lipinski definition) is 2. The number of benzene rings is 1. The van der Waals surface area contributed by atoms with Gasteiger partial charge in [0, 0.05) is 25.0 Å². The standard InChI is InChI=1S/C17H22N4O3/c1-4-5-8-18-16(22)12-10-19-17(20-11-12)21-14-9-13(23-2)6-7-15(14)24-3/h6-7,9-11H,4-5,8H2,1-3H3,(H,18,22)(H,19,20,21). The average Bonchev–Trinajstić information content (AvgIpc) is 2.62. The van der Waals surface area contributed by atoms with Gasteiger partial charge in [-0.25, -0.2) is 9.97 Å². The van der Waals surface area contributed by atoms with E-state index in [0.717, 1.165) is 12.8 Å². The molecule has 0 unspecified atom stereocenters. The fourth-order valence-corrected chi connectivity index (χ4v) is 2.02. The number of ether oxygens (including phenoxy) is 2. The van der Waals surface area contributed by atoms with Crippen LogP contribution in [0, 0.1) is 0 Å². The monoisotopic (exact) mass is 330 g/mol. The molecular formula is C17H22N4O3. The van der Waals surface area contributed by atoms with Gasteiger partial charge in [-0.2, -0.15) is 0 Å². The summed E-state index contributed by atoms with van der Waals surface area (Å²) in [6.07, 6.45) is 4.95. The van der Waals surface area contributed by atoms with Crippen molar-refractivity contribution in [3.8, 4) is 11.5 Å². The molecule has 2 rings (SSSR count). The molecule has 1 aromatic carbocycles. The number of anilines is 2. The molecule has 0 bridgehead atoms. The van der Waals surface area contributed by atoms with Crippen LogP contribution in [0.1, 0.15) is 30.1 Å². The molecular weight excluding hydrogens is 308 g/mol. The quantitative estimate of drug-likeness (QED) is 0.724. The van der Waals surface area contributed by atoms with Crippen molar-refractivity contribution in [1.82, 2.24) is 15.3 Å². The first-order valence-electron chi connectivity index (χ1n) is 7.77. The molecule has 0 atom stereocenters. The van der Waals surface area contributed by atoms with E-state index in [1.165, 1.54) is 12.4 Å². The normalized spacial score (nSPS) is 10.1. The van der Waals surface area contributed by atoms with Crippen LogP contribution in [0.3, 0.4) is 0 Å². The van der Waals surface area contributed by atoms with E-state index in [1.807, 2.05) is 0 Å². The molecule has 0 spiro atoms. The Morgan fingerprint density at radius 2 is 1.92 bits per heavy atom. The maximum Gasteiger partial charge on any atom is 0.254 e. The SMILES string of the molecule is CCCCNC(=O)c1cnc(Nc2cc(OC)ccc2OC)nc1. The number of unbranched alkanes of at least 4 members (excludes halogenated alkanes) is 1. The predicted octanol–water partition coefficient (Wildman–Crippen LogP) is 2.77. The number of amides is 1. The van der Waals surface area contributed by atoms with Crippen molar-refractivity contribution in [3.05, 3.63) is 36.2 Å². The largest absolute Gasteiger partial charge is 0.497 e. The number of methoxy groups -OCH3 is 2. The Bertz CT molecular complexity index is 674. The first-order chi connectivity index (χ1) is 11.7. The Balaban J connectivity index is 2.07. The summed E-state index contributed by atoms with van der Waals surface area (Å²) in [5, 5.41) is 5.88. The van der Waals surface area contributed by atoms with Crippen LogP contribution in [0.25, 0.3) is 0 Å². The van der Waals surface area contributed by atoms with E-state index in [4.69, 9.17) is 9.47 Å². The van der Waals surface area contributed by atoms with Gasteiger partial charge in [0.25, 0.3) is 5.91 Å². The van der Waals surface area contributed by atoms with E-state index in [9.17, 15) is 4.79 Å². The van der Waals surface area contributed by atoms with Gasteiger partial charge in [-0.3, -0.25) is 4.79 Å². The third kappa shape index (κ3) is 4.58. The molecule has 0 aliphatic heterocycles. The van der Waals surface area contributed by atoms with Gasteiger partial charge in [0.05, 0.1) is 25.5 Å². The lowest BCUT2D eigenvalue weighted by Gasteiger charge is -2.11. The maximum absolute atomic E-state index is 11.9. The first-order valence-corrected chi connectivity index (χ1v) is 7.77. The number of carbonyl (C=O) groups excluding carboxylic acids is 1. The number of nitrogens with one attached hydrogen (secondary N) is 2. The molecule has 0 radical (unpaired) electrons. The van der Waals surface area contributed by atoms with Crippen LogP contribution in [0.2, 0.25) is 0 Å². The van der Waals surface area contributed by atoms with E-state index in [-0.39, 0.29) is 5.91 Å². The van der Waals surface area contributed by atoms with Gasteiger partial charge in [-0.05, 0) is 18.6 Å². The van der Waals surface area contributed by atoms with Crippen molar-refractivity contribution in [2.24, 2.45) is 0 Å². The first kappa shape index (κ1) is 17.5. The van der Waals surface area contributed by atoms with Crippen molar-refractivity contribution in [1.29, 1.82) is 0 Å². The molecule has 1 aromatic heterocycles. The molecule has 7 heteroatoms. The number of nitrogens with zero attached hydrogens (tertiary/aromatic N) is 2. The van der Waals surface area contributed by atoms with Crippen LogP contribution < -0.4 is 20.1 Å². The number of rotatable bonds is 8. The summed E-state index contributed by atoms with van der Waals surface area (Å²) in [7, 11) is 3.17. The molecule has 1 heterocycles. The summed E-state index contributed by atoms with van der Waals surface area (Å²) in [4.78, 5) is 20.3. The number of aromatic nitrogens is 2. The third-order valence-corrected chi connectivity index (χ3v) is 3.38. The summed E-state index contributed by atoms with van der Waals surface area (Å²) in [6, 6.07) is 5.37. The highest BCUT2D eigenvalue weighted by molar-refractivity contribution is 5.93. The van der Waals surface area contributed by atoms with Crippen molar-refractivity contribution in [3.63, 3.8) is 0 Å². The van der Waals surface area contributed by atoms with Crippen LogP contribution in [0.15, 0.2) is 30.6 Å². The van der Waals surface area contributed by atoms with Gasteiger partial charge in [0.15, 0.2) is 0 Å². The van der Waals surface area contributed by atoms with E-state index in [0.29, 0.717) is 35.2 Å². The number of carbonyl (C=O) groups is 1. The summed E-state index contributed by atoms with van der Waals surface area (Å²) in [6.45, 7) is 2.72. The second kappa shape index (κ2) is 8.71. The smallest absolute Gasteiger partial charge is 0.254 e. The maximum atomic E-state index is 11.9. The molecule has 0 aliphatic carbocycles. The van der Waals surface area contributed by atoms with E-state index in [2.05, 4.69) is 27.5 Å². The van der Waals surface area contributed by atoms with E-state index in [1.54, 1.807) is 32.4 Å². The van der Waals surface area contributed by atoms with E-state index < -0.39 is 0 Å². The molecule has 7 nitrogen and oxygen atoms in total. The molecule has 128 valence electrons. The van der Waals surface area contributed by atoms with Gasteiger partial charge < -0.3 is 20.1 Å². The van der Waals surface area contributed by atoms with E-state index >= 15 is 0 Å². The Hall–Kier alpha value is -2.83. The Labute approximate surface area is 141 Å². The van der Waals surface area contributed by atoms with Crippen LogP contribution in [0.5, 0.6) is 11.5 Å². The molecule has 1 amide bonds.